The Balaban J connectivity index is 1.85. The van der Waals surface area contributed by atoms with Crippen LogP contribution in [-0.4, -0.2) is 44.9 Å². The third-order valence-electron chi connectivity index (χ3n) is 4.17. The van der Waals surface area contributed by atoms with Gasteiger partial charge >= 0.3 is 0 Å². The highest BCUT2D eigenvalue weighted by molar-refractivity contribution is 9.10. The summed E-state index contributed by atoms with van der Waals surface area (Å²) in [5.74, 6) is 1.33. The maximum Gasteiger partial charge on any atom is 0.251 e. The molecular weight excluding hydrogens is 478 g/mol. The molecule has 8 nitrogen and oxygen atoms in total. The number of carbonyl (C=O) groups excluding carboxylic acids is 2. The summed E-state index contributed by atoms with van der Waals surface area (Å²) in [7, 11) is 1.56. The van der Waals surface area contributed by atoms with Crippen molar-refractivity contribution in [1.82, 2.24) is 10.7 Å². The van der Waals surface area contributed by atoms with E-state index in [1.807, 2.05) is 19.9 Å². The first-order valence-corrected chi connectivity index (χ1v) is 11.1. The van der Waals surface area contributed by atoms with Crippen LogP contribution in [-0.2, 0) is 4.79 Å². The van der Waals surface area contributed by atoms with Gasteiger partial charge in [0.15, 0.2) is 11.5 Å². The molecule has 0 atom stereocenters. The summed E-state index contributed by atoms with van der Waals surface area (Å²) in [6.07, 6.45) is 2.50. The minimum Gasteiger partial charge on any atom is -0.497 e. The summed E-state index contributed by atoms with van der Waals surface area (Å²) in [5, 5.41) is 6.68. The summed E-state index contributed by atoms with van der Waals surface area (Å²) < 4.78 is 17.2. The van der Waals surface area contributed by atoms with Crippen molar-refractivity contribution in [3.8, 4) is 17.2 Å². The maximum atomic E-state index is 12.1. The lowest BCUT2D eigenvalue weighted by atomic mass is 10.2. The Bertz CT molecular complexity index is 932. The first-order valence-electron chi connectivity index (χ1n) is 10.3. The fourth-order valence-corrected chi connectivity index (χ4v) is 3.21. The molecule has 0 aromatic heterocycles. The van der Waals surface area contributed by atoms with Gasteiger partial charge in [-0.25, -0.2) is 5.43 Å². The third-order valence-corrected chi connectivity index (χ3v) is 4.76. The number of hydrazone groups is 1. The smallest absolute Gasteiger partial charge is 0.251 e. The molecule has 2 aromatic rings. The number of halogens is 1. The van der Waals surface area contributed by atoms with Gasteiger partial charge in [0, 0.05) is 18.5 Å². The van der Waals surface area contributed by atoms with Crippen LogP contribution >= 0.6 is 15.9 Å². The van der Waals surface area contributed by atoms with Crippen LogP contribution in [0.15, 0.2) is 46.0 Å². The van der Waals surface area contributed by atoms with E-state index in [2.05, 4.69) is 31.8 Å². The van der Waals surface area contributed by atoms with Gasteiger partial charge in [0.2, 0.25) is 5.91 Å². The minimum absolute atomic E-state index is 0.0942. The molecule has 32 heavy (non-hydrogen) atoms. The SMILES string of the molecule is CCCOc1c(Br)cc(C=NNC(=O)CCNC(=O)c2ccc(OC)cc2)cc1OCC. The number of nitrogens with one attached hydrogen (secondary N) is 2. The minimum atomic E-state index is -0.316. The molecule has 2 rings (SSSR count). The summed E-state index contributed by atoms with van der Waals surface area (Å²) in [6, 6.07) is 10.3. The highest BCUT2D eigenvalue weighted by Crippen LogP contribution is 2.36. The van der Waals surface area contributed by atoms with Crippen molar-refractivity contribution in [2.75, 3.05) is 26.9 Å². The first kappa shape index (κ1) is 25.2. The zero-order chi connectivity index (χ0) is 23.3. The Morgan fingerprint density at radius 2 is 1.88 bits per heavy atom. The average molecular weight is 506 g/mol. The predicted molar refractivity (Wildman–Crippen MR) is 127 cm³/mol. The van der Waals surface area contributed by atoms with Crippen LogP contribution in [0.5, 0.6) is 17.2 Å². The second kappa shape index (κ2) is 13.4. The Hall–Kier alpha value is -3.07. The van der Waals surface area contributed by atoms with Crippen LogP contribution in [0.2, 0.25) is 0 Å². The van der Waals surface area contributed by atoms with Crippen molar-refractivity contribution in [3.05, 3.63) is 52.0 Å². The Morgan fingerprint density at radius 3 is 2.53 bits per heavy atom. The van der Waals surface area contributed by atoms with Crippen LogP contribution in [0.1, 0.15) is 42.6 Å². The molecule has 9 heteroatoms. The van der Waals surface area contributed by atoms with Crippen LogP contribution in [0.3, 0.4) is 0 Å². The van der Waals surface area contributed by atoms with Crippen molar-refractivity contribution in [3.63, 3.8) is 0 Å². The molecule has 0 bridgehead atoms. The monoisotopic (exact) mass is 505 g/mol. The maximum absolute atomic E-state index is 12.1. The van der Waals surface area contributed by atoms with E-state index in [9.17, 15) is 9.59 Å². The lowest BCUT2D eigenvalue weighted by Crippen LogP contribution is -2.29. The second-order valence-corrected chi connectivity index (χ2v) is 7.49. The molecule has 0 aliphatic heterocycles. The highest BCUT2D eigenvalue weighted by Gasteiger charge is 2.12. The van der Waals surface area contributed by atoms with Gasteiger partial charge in [0.05, 0.1) is 31.0 Å². The van der Waals surface area contributed by atoms with Gasteiger partial charge in [-0.1, -0.05) is 6.92 Å². The normalized spacial score (nSPS) is 10.6. The van der Waals surface area contributed by atoms with E-state index in [0.717, 1.165) is 16.5 Å². The zero-order valence-electron chi connectivity index (χ0n) is 18.4. The second-order valence-electron chi connectivity index (χ2n) is 6.64. The van der Waals surface area contributed by atoms with E-state index in [0.29, 0.717) is 36.0 Å². The first-order chi connectivity index (χ1) is 15.5. The zero-order valence-corrected chi connectivity index (χ0v) is 20.0. The lowest BCUT2D eigenvalue weighted by Gasteiger charge is -2.14. The van der Waals surface area contributed by atoms with Crippen molar-refractivity contribution in [2.24, 2.45) is 5.10 Å². The van der Waals surface area contributed by atoms with E-state index in [1.165, 1.54) is 6.21 Å². The van der Waals surface area contributed by atoms with Crippen molar-refractivity contribution in [1.29, 1.82) is 0 Å². The summed E-state index contributed by atoms with van der Waals surface area (Å²) in [4.78, 5) is 24.1. The van der Waals surface area contributed by atoms with E-state index < -0.39 is 0 Å². The number of carbonyl (C=O) groups is 2. The van der Waals surface area contributed by atoms with Crippen LogP contribution in [0.4, 0.5) is 0 Å². The number of amides is 2. The van der Waals surface area contributed by atoms with Crippen molar-refractivity contribution in [2.45, 2.75) is 26.7 Å². The molecule has 2 N–H and O–H groups in total. The fourth-order valence-electron chi connectivity index (χ4n) is 2.64. The largest absolute Gasteiger partial charge is 0.497 e. The predicted octanol–water partition coefficient (Wildman–Crippen LogP) is 3.92. The molecular formula is C23H28BrN3O5. The number of hydrogen-bond donors (Lipinski definition) is 2. The fraction of sp³-hybridized carbons (Fsp3) is 0.348. The Morgan fingerprint density at radius 1 is 1.12 bits per heavy atom. The summed E-state index contributed by atoms with van der Waals surface area (Å²) >= 11 is 3.49. The number of benzene rings is 2. The van der Waals surface area contributed by atoms with Gasteiger partial charge in [-0.05, 0) is 71.2 Å². The number of methoxy groups -OCH3 is 1. The molecule has 0 heterocycles. The molecule has 0 aliphatic carbocycles. The molecule has 0 saturated heterocycles. The standard InChI is InChI=1S/C23H28BrN3O5/c1-4-12-32-22-19(24)13-16(14-20(22)31-5-2)15-26-27-21(28)10-11-25-23(29)17-6-8-18(30-3)9-7-17/h6-9,13-15H,4-5,10-12H2,1-3H3,(H,25,29)(H,27,28). The molecule has 0 radical (unpaired) electrons. The highest BCUT2D eigenvalue weighted by atomic mass is 79.9. The molecule has 0 fully saturated rings. The van der Waals surface area contributed by atoms with Crippen LogP contribution in [0.25, 0.3) is 0 Å². The molecule has 0 unspecified atom stereocenters. The van der Waals surface area contributed by atoms with E-state index in [4.69, 9.17) is 14.2 Å². The molecule has 0 saturated carbocycles. The number of ether oxygens (including phenoxy) is 3. The van der Waals surface area contributed by atoms with Gasteiger partial charge < -0.3 is 19.5 Å². The average Bonchev–Trinajstić information content (AvgIpc) is 2.79. The third kappa shape index (κ3) is 7.88. The number of rotatable bonds is 12. The Kier molecular flexibility index (Phi) is 10.5. The molecule has 172 valence electrons. The van der Waals surface area contributed by atoms with Gasteiger partial charge in [-0.15, -0.1) is 0 Å². The van der Waals surface area contributed by atoms with Gasteiger partial charge in [0.25, 0.3) is 5.91 Å². The van der Waals surface area contributed by atoms with E-state index in [1.54, 1.807) is 37.4 Å². The van der Waals surface area contributed by atoms with Gasteiger partial charge in [0.1, 0.15) is 5.75 Å². The van der Waals surface area contributed by atoms with Crippen molar-refractivity contribution < 1.29 is 23.8 Å². The van der Waals surface area contributed by atoms with Crippen molar-refractivity contribution >= 4 is 34.0 Å². The quantitative estimate of drug-likeness (QED) is 0.336. The molecule has 0 aliphatic rings. The van der Waals surface area contributed by atoms with Gasteiger partial charge in [-0.3, -0.25) is 9.59 Å². The van der Waals surface area contributed by atoms with Gasteiger partial charge in [-0.2, -0.15) is 5.10 Å². The molecule has 2 aromatic carbocycles. The summed E-state index contributed by atoms with van der Waals surface area (Å²) in [5.41, 5.74) is 3.68. The lowest BCUT2D eigenvalue weighted by molar-refractivity contribution is -0.120. The van der Waals surface area contributed by atoms with E-state index >= 15 is 0 Å². The molecule has 2 amide bonds. The summed E-state index contributed by atoms with van der Waals surface area (Å²) in [6.45, 7) is 5.19. The Labute approximate surface area is 196 Å². The number of nitrogens with zero attached hydrogens (tertiary/aromatic N) is 1. The topological polar surface area (TPSA) is 98.2 Å². The number of hydrogen-bond acceptors (Lipinski definition) is 6. The van der Waals surface area contributed by atoms with Crippen LogP contribution < -0.4 is 25.0 Å². The van der Waals surface area contributed by atoms with Crippen LogP contribution in [0, 0.1) is 0 Å². The molecule has 0 spiro atoms. The van der Waals surface area contributed by atoms with E-state index in [-0.39, 0.29) is 24.8 Å².